The van der Waals surface area contributed by atoms with E-state index in [0.29, 0.717) is 24.7 Å². The largest absolute Gasteiger partial charge is 0.493 e. The molecule has 0 saturated carbocycles. The summed E-state index contributed by atoms with van der Waals surface area (Å²) in [5.74, 6) is 2.24. The molecule has 1 unspecified atom stereocenters. The number of carbonyl (C=O) groups is 1. The van der Waals surface area contributed by atoms with Gasteiger partial charge < -0.3 is 19.7 Å². The first-order valence-corrected chi connectivity index (χ1v) is 10.9. The van der Waals surface area contributed by atoms with E-state index in [-0.39, 0.29) is 11.4 Å². The number of para-hydroxylation sites is 1. The zero-order valence-corrected chi connectivity index (χ0v) is 17.6. The number of rotatable bonds is 6. The molecule has 0 aliphatic carbocycles. The highest BCUT2D eigenvalue weighted by atomic mass is 32.2. The van der Waals surface area contributed by atoms with E-state index in [1.807, 2.05) is 83.8 Å². The Morgan fingerprint density at radius 2 is 1.77 bits per heavy atom. The molecule has 3 aromatic rings. The number of carbonyl (C=O) groups excluding carboxylic acids is 1. The number of amides is 2. The molecule has 154 valence electrons. The van der Waals surface area contributed by atoms with E-state index >= 15 is 0 Å². The predicted octanol–water partition coefficient (Wildman–Crippen LogP) is 5.55. The van der Waals surface area contributed by atoms with E-state index in [0.717, 1.165) is 22.6 Å². The van der Waals surface area contributed by atoms with E-state index in [4.69, 9.17) is 9.47 Å². The molecule has 0 aromatic heterocycles. The standard InChI is InChI=1S/C24H24N2O3S/c1-28-21-13-12-19(16-22(21)29-17-18-8-4-2-5-9-18)23-26(14-15-30-23)24(27)25-20-10-6-3-7-11-20/h2-13,16,23H,14-15,17H2,1H3,(H,25,27). The fraction of sp³-hybridized carbons (Fsp3) is 0.208. The first kappa shape index (κ1) is 20.2. The van der Waals surface area contributed by atoms with Gasteiger partial charge in [-0.05, 0) is 35.4 Å². The lowest BCUT2D eigenvalue weighted by atomic mass is 10.1. The van der Waals surface area contributed by atoms with Gasteiger partial charge in [-0.2, -0.15) is 0 Å². The monoisotopic (exact) mass is 420 g/mol. The smallest absolute Gasteiger partial charge is 0.323 e. The van der Waals surface area contributed by atoms with Gasteiger partial charge in [0.05, 0.1) is 7.11 Å². The molecule has 0 spiro atoms. The Morgan fingerprint density at radius 3 is 2.50 bits per heavy atom. The Labute approximate surface area is 181 Å². The Morgan fingerprint density at radius 1 is 1.03 bits per heavy atom. The number of anilines is 1. The third-order valence-corrected chi connectivity index (χ3v) is 6.15. The SMILES string of the molecule is COc1ccc(C2SCCN2C(=O)Nc2ccccc2)cc1OCc1ccccc1. The number of methoxy groups -OCH3 is 1. The number of nitrogens with zero attached hydrogens (tertiary/aromatic N) is 1. The van der Waals surface area contributed by atoms with Crippen LogP contribution in [0.3, 0.4) is 0 Å². The van der Waals surface area contributed by atoms with Crippen molar-refractivity contribution in [2.45, 2.75) is 12.0 Å². The average molecular weight is 421 g/mol. The number of benzene rings is 3. The van der Waals surface area contributed by atoms with Crippen molar-refractivity contribution in [3.05, 3.63) is 90.0 Å². The van der Waals surface area contributed by atoms with Gasteiger partial charge in [-0.25, -0.2) is 4.79 Å². The van der Waals surface area contributed by atoms with Gasteiger partial charge in [0, 0.05) is 18.0 Å². The molecule has 0 radical (unpaired) electrons. The Kier molecular flexibility index (Phi) is 6.44. The number of ether oxygens (including phenoxy) is 2. The van der Waals surface area contributed by atoms with Crippen LogP contribution in [0.15, 0.2) is 78.9 Å². The third-order valence-electron chi connectivity index (χ3n) is 4.89. The zero-order chi connectivity index (χ0) is 20.8. The zero-order valence-electron chi connectivity index (χ0n) is 16.8. The lowest BCUT2D eigenvalue weighted by Crippen LogP contribution is -2.34. The van der Waals surface area contributed by atoms with Crippen LogP contribution in [0, 0.1) is 0 Å². The third kappa shape index (κ3) is 4.71. The van der Waals surface area contributed by atoms with Crippen LogP contribution < -0.4 is 14.8 Å². The average Bonchev–Trinajstić information content (AvgIpc) is 3.29. The molecule has 1 atom stereocenters. The molecule has 0 bridgehead atoms. The Bertz CT molecular complexity index is 982. The summed E-state index contributed by atoms with van der Waals surface area (Å²) < 4.78 is 11.5. The van der Waals surface area contributed by atoms with E-state index in [9.17, 15) is 4.79 Å². The molecule has 30 heavy (non-hydrogen) atoms. The van der Waals surface area contributed by atoms with Crippen LogP contribution in [0.2, 0.25) is 0 Å². The molecule has 2 amide bonds. The summed E-state index contributed by atoms with van der Waals surface area (Å²) in [6, 6.07) is 25.3. The Hall–Kier alpha value is -3.12. The summed E-state index contributed by atoms with van der Waals surface area (Å²) in [4.78, 5) is 14.7. The van der Waals surface area contributed by atoms with Gasteiger partial charge in [0.25, 0.3) is 0 Å². The van der Waals surface area contributed by atoms with E-state index in [2.05, 4.69) is 5.32 Å². The molecule has 1 heterocycles. The maximum Gasteiger partial charge on any atom is 0.323 e. The van der Waals surface area contributed by atoms with Crippen LogP contribution in [-0.2, 0) is 6.61 Å². The van der Waals surface area contributed by atoms with Crippen LogP contribution >= 0.6 is 11.8 Å². The fourth-order valence-corrected chi connectivity index (χ4v) is 4.61. The normalized spacial score (nSPS) is 15.6. The number of hydrogen-bond donors (Lipinski definition) is 1. The molecule has 1 fully saturated rings. The molecule has 5 nitrogen and oxygen atoms in total. The van der Waals surface area contributed by atoms with Gasteiger partial charge in [0.2, 0.25) is 0 Å². The minimum absolute atomic E-state index is 0.0707. The van der Waals surface area contributed by atoms with Crippen molar-refractivity contribution >= 4 is 23.5 Å². The van der Waals surface area contributed by atoms with Crippen molar-refractivity contribution in [1.82, 2.24) is 4.90 Å². The summed E-state index contributed by atoms with van der Waals surface area (Å²) >= 11 is 1.75. The minimum atomic E-state index is -0.0984. The van der Waals surface area contributed by atoms with E-state index in [1.165, 1.54) is 0 Å². The van der Waals surface area contributed by atoms with Crippen LogP contribution in [0.5, 0.6) is 11.5 Å². The summed E-state index contributed by atoms with van der Waals surface area (Å²) in [6.07, 6.45) is 0. The second-order valence-electron chi connectivity index (χ2n) is 6.90. The highest BCUT2D eigenvalue weighted by molar-refractivity contribution is 7.99. The van der Waals surface area contributed by atoms with Gasteiger partial charge in [0.1, 0.15) is 12.0 Å². The van der Waals surface area contributed by atoms with Crippen molar-refractivity contribution < 1.29 is 14.3 Å². The van der Waals surface area contributed by atoms with Crippen LogP contribution in [0.4, 0.5) is 10.5 Å². The Balaban J connectivity index is 1.51. The molecule has 3 aromatic carbocycles. The molecule has 4 rings (SSSR count). The van der Waals surface area contributed by atoms with Crippen LogP contribution in [0.1, 0.15) is 16.5 Å². The molecule has 6 heteroatoms. The van der Waals surface area contributed by atoms with E-state index < -0.39 is 0 Å². The lowest BCUT2D eigenvalue weighted by Gasteiger charge is -2.25. The van der Waals surface area contributed by atoms with E-state index in [1.54, 1.807) is 18.9 Å². The molecule has 1 aliphatic rings. The summed E-state index contributed by atoms with van der Waals surface area (Å²) in [7, 11) is 1.63. The van der Waals surface area contributed by atoms with Crippen molar-refractivity contribution in [1.29, 1.82) is 0 Å². The number of nitrogens with one attached hydrogen (secondary N) is 1. The highest BCUT2D eigenvalue weighted by Gasteiger charge is 2.31. The first-order valence-electron chi connectivity index (χ1n) is 9.83. The van der Waals surface area contributed by atoms with Crippen molar-refractivity contribution in [2.24, 2.45) is 0 Å². The molecular formula is C24H24N2O3S. The summed E-state index contributed by atoms with van der Waals surface area (Å²) in [5.41, 5.74) is 2.90. The maximum absolute atomic E-state index is 12.9. The maximum atomic E-state index is 12.9. The van der Waals surface area contributed by atoms with Crippen molar-refractivity contribution in [2.75, 3.05) is 24.7 Å². The number of thioether (sulfide) groups is 1. The fourth-order valence-electron chi connectivity index (χ4n) is 3.37. The van der Waals surface area contributed by atoms with Crippen molar-refractivity contribution in [3.63, 3.8) is 0 Å². The van der Waals surface area contributed by atoms with Gasteiger partial charge in [-0.1, -0.05) is 54.6 Å². The van der Waals surface area contributed by atoms with Gasteiger partial charge >= 0.3 is 6.03 Å². The first-order chi connectivity index (χ1) is 14.7. The molecule has 1 aliphatic heterocycles. The predicted molar refractivity (Wildman–Crippen MR) is 121 cm³/mol. The topological polar surface area (TPSA) is 50.8 Å². The summed E-state index contributed by atoms with van der Waals surface area (Å²) in [5, 5.41) is 2.91. The van der Waals surface area contributed by atoms with Gasteiger partial charge in [-0.3, -0.25) is 0 Å². The number of urea groups is 1. The molecular weight excluding hydrogens is 396 g/mol. The van der Waals surface area contributed by atoms with Crippen LogP contribution in [0.25, 0.3) is 0 Å². The highest BCUT2D eigenvalue weighted by Crippen LogP contribution is 2.41. The minimum Gasteiger partial charge on any atom is -0.493 e. The summed E-state index contributed by atoms with van der Waals surface area (Å²) in [6.45, 7) is 1.15. The second kappa shape index (κ2) is 9.59. The van der Waals surface area contributed by atoms with Crippen molar-refractivity contribution in [3.8, 4) is 11.5 Å². The molecule has 1 N–H and O–H groups in total. The van der Waals surface area contributed by atoms with Gasteiger partial charge in [0.15, 0.2) is 11.5 Å². The second-order valence-corrected chi connectivity index (χ2v) is 8.09. The lowest BCUT2D eigenvalue weighted by molar-refractivity contribution is 0.214. The molecule has 1 saturated heterocycles. The quantitative estimate of drug-likeness (QED) is 0.568. The number of hydrogen-bond acceptors (Lipinski definition) is 4. The van der Waals surface area contributed by atoms with Crippen LogP contribution in [-0.4, -0.2) is 30.3 Å². The van der Waals surface area contributed by atoms with Gasteiger partial charge in [-0.15, -0.1) is 11.8 Å².